The second-order valence-electron chi connectivity index (χ2n) is 5.65. The van der Waals surface area contributed by atoms with Gasteiger partial charge >= 0.3 is 0 Å². The average molecular weight is 290 g/mol. The smallest absolute Gasteiger partial charge is 0.292 e. The van der Waals surface area contributed by atoms with Crippen LogP contribution >= 0.6 is 0 Å². The Bertz CT molecular complexity index is 550. The molecule has 5 heteroatoms. The SMILES string of the molecule is O=C1C(O)=CNC(c2ccc(F)cc2)N1C1CCCCC1. The predicted molar refractivity (Wildman–Crippen MR) is 76.7 cm³/mol. The van der Waals surface area contributed by atoms with E-state index in [1.54, 1.807) is 17.0 Å². The van der Waals surface area contributed by atoms with Crippen molar-refractivity contribution in [1.82, 2.24) is 10.2 Å². The van der Waals surface area contributed by atoms with Crippen LogP contribution in [-0.2, 0) is 4.79 Å². The largest absolute Gasteiger partial charge is 0.502 e. The predicted octanol–water partition coefficient (Wildman–Crippen LogP) is 2.99. The van der Waals surface area contributed by atoms with Crippen LogP contribution in [0.5, 0.6) is 0 Å². The molecule has 1 amide bonds. The molecular formula is C16H19FN2O2. The minimum Gasteiger partial charge on any atom is -0.502 e. The number of benzene rings is 1. The van der Waals surface area contributed by atoms with Crippen molar-refractivity contribution in [1.29, 1.82) is 0 Å². The Kier molecular flexibility index (Phi) is 3.82. The van der Waals surface area contributed by atoms with Crippen molar-refractivity contribution in [2.24, 2.45) is 0 Å². The molecular weight excluding hydrogens is 271 g/mol. The second-order valence-corrected chi connectivity index (χ2v) is 5.65. The van der Waals surface area contributed by atoms with Gasteiger partial charge in [0.05, 0.1) is 0 Å². The summed E-state index contributed by atoms with van der Waals surface area (Å²) >= 11 is 0. The van der Waals surface area contributed by atoms with Gasteiger partial charge in [-0.3, -0.25) is 4.79 Å². The highest BCUT2D eigenvalue weighted by Crippen LogP contribution is 2.32. The van der Waals surface area contributed by atoms with E-state index >= 15 is 0 Å². The summed E-state index contributed by atoms with van der Waals surface area (Å²) in [6.07, 6.45) is 6.24. The minimum atomic E-state index is -0.352. The first-order valence-corrected chi connectivity index (χ1v) is 7.40. The van der Waals surface area contributed by atoms with Crippen molar-refractivity contribution < 1.29 is 14.3 Å². The molecule has 1 saturated carbocycles. The van der Waals surface area contributed by atoms with Crippen molar-refractivity contribution in [2.45, 2.75) is 44.3 Å². The molecule has 0 aromatic heterocycles. The maximum absolute atomic E-state index is 13.1. The second kappa shape index (κ2) is 5.76. The summed E-state index contributed by atoms with van der Waals surface area (Å²) in [6, 6.07) is 6.24. The van der Waals surface area contributed by atoms with Crippen molar-refractivity contribution >= 4 is 5.91 Å². The van der Waals surface area contributed by atoms with Crippen molar-refractivity contribution in [3.05, 3.63) is 47.6 Å². The molecule has 1 aliphatic carbocycles. The van der Waals surface area contributed by atoms with Crippen LogP contribution in [0.1, 0.15) is 43.8 Å². The zero-order chi connectivity index (χ0) is 14.8. The minimum absolute atomic E-state index is 0.115. The molecule has 0 saturated heterocycles. The Morgan fingerprint density at radius 2 is 1.81 bits per heavy atom. The van der Waals surface area contributed by atoms with Crippen LogP contribution in [0, 0.1) is 5.82 Å². The summed E-state index contributed by atoms with van der Waals surface area (Å²) in [7, 11) is 0. The Morgan fingerprint density at radius 1 is 1.14 bits per heavy atom. The monoisotopic (exact) mass is 290 g/mol. The lowest BCUT2D eigenvalue weighted by atomic mass is 9.92. The highest BCUT2D eigenvalue weighted by Gasteiger charge is 2.36. The molecule has 3 rings (SSSR count). The standard InChI is InChI=1S/C16H19FN2O2/c17-12-8-6-11(7-9-12)15-18-10-14(20)16(21)19(15)13-4-2-1-3-5-13/h6-10,13,15,18,20H,1-5H2. The quantitative estimate of drug-likeness (QED) is 0.880. The third kappa shape index (κ3) is 2.73. The third-order valence-electron chi connectivity index (χ3n) is 4.26. The van der Waals surface area contributed by atoms with E-state index in [0.29, 0.717) is 0 Å². The van der Waals surface area contributed by atoms with E-state index in [9.17, 15) is 14.3 Å². The normalized spacial score (nSPS) is 23.7. The number of nitrogens with zero attached hydrogens (tertiary/aromatic N) is 1. The lowest BCUT2D eigenvalue weighted by Gasteiger charge is -2.42. The molecule has 4 nitrogen and oxygen atoms in total. The molecule has 0 spiro atoms. The van der Waals surface area contributed by atoms with Crippen LogP contribution in [0.3, 0.4) is 0 Å². The average Bonchev–Trinajstić information content (AvgIpc) is 2.52. The fourth-order valence-electron chi connectivity index (χ4n) is 3.19. The fraction of sp³-hybridized carbons (Fsp3) is 0.438. The van der Waals surface area contributed by atoms with Gasteiger partial charge in [0.15, 0.2) is 5.76 Å². The number of carbonyl (C=O) groups excluding carboxylic acids is 1. The number of halogens is 1. The molecule has 1 heterocycles. The van der Waals surface area contributed by atoms with E-state index in [1.807, 2.05) is 0 Å². The first-order valence-electron chi connectivity index (χ1n) is 7.40. The summed E-state index contributed by atoms with van der Waals surface area (Å²) in [4.78, 5) is 14.1. The van der Waals surface area contributed by atoms with Gasteiger partial charge in [0.2, 0.25) is 0 Å². The summed E-state index contributed by atoms with van der Waals surface area (Å²) < 4.78 is 13.1. The van der Waals surface area contributed by atoms with E-state index in [1.165, 1.54) is 24.8 Å². The zero-order valence-electron chi connectivity index (χ0n) is 11.8. The first kappa shape index (κ1) is 13.9. The molecule has 21 heavy (non-hydrogen) atoms. The first-order chi connectivity index (χ1) is 10.2. The van der Waals surface area contributed by atoms with Gasteiger partial charge in [-0.2, -0.15) is 0 Å². The molecule has 0 bridgehead atoms. The molecule has 112 valence electrons. The highest BCUT2D eigenvalue weighted by atomic mass is 19.1. The molecule has 1 atom stereocenters. The molecule has 2 aliphatic rings. The lowest BCUT2D eigenvalue weighted by molar-refractivity contribution is -0.138. The molecule has 1 fully saturated rings. The number of amides is 1. The summed E-state index contributed by atoms with van der Waals surface area (Å²) in [5.41, 5.74) is 0.819. The Hall–Kier alpha value is -2.04. The molecule has 1 aromatic carbocycles. The number of hydrogen-bond donors (Lipinski definition) is 2. The van der Waals surface area contributed by atoms with Gasteiger partial charge in [-0.1, -0.05) is 31.4 Å². The van der Waals surface area contributed by atoms with Crippen LogP contribution in [0.15, 0.2) is 36.2 Å². The molecule has 1 aliphatic heterocycles. The highest BCUT2D eigenvalue weighted by molar-refractivity contribution is 5.92. The van der Waals surface area contributed by atoms with Gasteiger partial charge in [0.25, 0.3) is 5.91 Å². The van der Waals surface area contributed by atoms with Gasteiger partial charge in [0, 0.05) is 12.2 Å². The number of hydrogen-bond acceptors (Lipinski definition) is 3. The summed E-state index contributed by atoms with van der Waals surface area (Å²) in [6.45, 7) is 0. The maximum Gasteiger partial charge on any atom is 0.292 e. The van der Waals surface area contributed by atoms with Gasteiger partial charge in [0.1, 0.15) is 12.0 Å². The van der Waals surface area contributed by atoms with E-state index in [4.69, 9.17) is 0 Å². The number of rotatable bonds is 2. The zero-order valence-corrected chi connectivity index (χ0v) is 11.8. The number of aliphatic hydroxyl groups excluding tert-OH is 1. The van der Waals surface area contributed by atoms with Crippen LogP contribution in [-0.4, -0.2) is 22.0 Å². The maximum atomic E-state index is 13.1. The number of nitrogens with one attached hydrogen (secondary N) is 1. The number of aliphatic hydroxyl groups is 1. The van der Waals surface area contributed by atoms with E-state index in [-0.39, 0.29) is 29.7 Å². The fourth-order valence-corrected chi connectivity index (χ4v) is 3.19. The third-order valence-corrected chi connectivity index (χ3v) is 4.26. The van der Waals surface area contributed by atoms with Gasteiger partial charge in [-0.25, -0.2) is 4.39 Å². The van der Waals surface area contributed by atoms with Crippen LogP contribution in [0.4, 0.5) is 4.39 Å². The summed E-state index contributed by atoms with van der Waals surface area (Å²) in [5, 5.41) is 12.8. The van der Waals surface area contributed by atoms with Crippen molar-refractivity contribution in [3.63, 3.8) is 0 Å². The number of carbonyl (C=O) groups is 1. The van der Waals surface area contributed by atoms with Gasteiger partial charge in [-0.05, 0) is 30.5 Å². The molecule has 0 radical (unpaired) electrons. The van der Waals surface area contributed by atoms with E-state index < -0.39 is 0 Å². The van der Waals surface area contributed by atoms with E-state index in [0.717, 1.165) is 31.2 Å². The molecule has 2 N–H and O–H groups in total. The van der Waals surface area contributed by atoms with Crippen molar-refractivity contribution in [3.8, 4) is 0 Å². The lowest BCUT2D eigenvalue weighted by Crippen LogP contribution is -2.51. The molecule has 1 unspecified atom stereocenters. The van der Waals surface area contributed by atoms with Crippen LogP contribution in [0.25, 0.3) is 0 Å². The summed E-state index contributed by atoms with van der Waals surface area (Å²) in [5.74, 6) is -0.919. The van der Waals surface area contributed by atoms with Gasteiger partial charge in [-0.15, -0.1) is 0 Å². The van der Waals surface area contributed by atoms with E-state index in [2.05, 4.69) is 5.32 Å². The van der Waals surface area contributed by atoms with Crippen molar-refractivity contribution in [2.75, 3.05) is 0 Å². The van der Waals surface area contributed by atoms with Crippen LogP contribution in [0.2, 0.25) is 0 Å². The topological polar surface area (TPSA) is 52.6 Å². The van der Waals surface area contributed by atoms with Gasteiger partial charge < -0.3 is 15.3 Å². The Balaban J connectivity index is 1.92. The Labute approximate surface area is 123 Å². The Morgan fingerprint density at radius 3 is 2.48 bits per heavy atom. The molecule has 1 aromatic rings. The van der Waals surface area contributed by atoms with Crippen LogP contribution < -0.4 is 5.32 Å².